The van der Waals surface area contributed by atoms with Crippen LogP contribution < -0.4 is 5.73 Å². The van der Waals surface area contributed by atoms with E-state index in [1.54, 1.807) is 5.57 Å². The number of ether oxygens (including phenoxy) is 2. The third-order valence-electron chi connectivity index (χ3n) is 12.3. The number of anilines is 1. The van der Waals surface area contributed by atoms with Crippen LogP contribution in [-0.4, -0.2) is 18.4 Å². The fraction of sp³-hybridized carbons (Fsp3) is 0.750. The number of esters is 1. The second kappa shape index (κ2) is 13.9. The normalized spacial score (nSPS) is 35.0. The van der Waals surface area contributed by atoms with E-state index in [2.05, 4.69) is 108 Å². The summed E-state index contributed by atoms with van der Waals surface area (Å²) in [5.74, 6) is 4.74. The Morgan fingerprint density at radius 3 is 2.47 bits per heavy atom. The van der Waals surface area contributed by atoms with Crippen molar-refractivity contribution in [3.63, 3.8) is 0 Å². The van der Waals surface area contributed by atoms with Crippen LogP contribution in [0.1, 0.15) is 123 Å². The second-order valence-electron chi connectivity index (χ2n) is 15.2. The fourth-order valence-electron chi connectivity index (χ4n) is 10.1. The first-order valence-electron chi connectivity index (χ1n) is 16.7. The molecule has 0 bridgehead atoms. The third kappa shape index (κ3) is 6.86. The van der Waals surface area contributed by atoms with Gasteiger partial charge in [-0.2, -0.15) is 0 Å². The van der Waals surface area contributed by atoms with Gasteiger partial charge in [0, 0.05) is 7.14 Å². The van der Waals surface area contributed by atoms with E-state index in [9.17, 15) is 4.79 Å². The van der Waals surface area contributed by atoms with Gasteiger partial charge < -0.3 is 15.2 Å². The SMILES string of the molecule is CC(C)CCC[C@@H](C)[C@H]1CCC2C3CC=C4C[C@@H](OC(C)OC(=O)c5c(I)cc(I)c(N)c5I)CC[C@]4(C)C3CC[C@@]21C. The maximum atomic E-state index is 13.1. The Bertz CT molecular complexity index is 1230. The minimum atomic E-state index is -0.598. The van der Waals surface area contributed by atoms with Gasteiger partial charge in [0.1, 0.15) is 0 Å². The van der Waals surface area contributed by atoms with Gasteiger partial charge in [-0.1, -0.05) is 65.5 Å². The molecule has 0 aliphatic heterocycles. The van der Waals surface area contributed by atoms with Gasteiger partial charge in [0.2, 0.25) is 6.29 Å². The molecule has 4 aliphatic rings. The summed E-state index contributed by atoms with van der Waals surface area (Å²) in [5.41, 5.74) is 9.80. The second-order valence-corrected chi connectivity index (χ2v) is 18.6. The van der Waals surface area contributed by atoms with Crippen LogP contribution >= 0.6 is 67.8 Å². The Labute approximate surface area is 301 Å². The van der Waals surface area contributed by atoms with E-state index in [-0.39, 0.29) is 17.5 Å². The molecule has 4 aliphatic carbocycles. The number of allylic oxidation sites excluding steroid dienone is 1. The van der Waals surface area contributed by atoms with Crippen molar-refractivity contribution in [2.45, 2.75) is 125 Å². The Kier molecular flexibility index (Phi) is 11.2. The maximum absolute atomic E-state index is 13.1. The average Bonchev–Trinajstić information content (AvgIpc) is 3.29. The molecule has 4 nitrogen and oxygen atoms in total. The molecule has 4 unspecified atom stereocenters. The molecule has 240 valence electrons. The van der Waals surface area contributed by atoms with Crippen molar-refractivity contribution in [1.82, 2.24) is 0 Å². The molecule has 0 saturated heterocycles. The van der Waals surface area contributed by atoms with Crippen LogP contribution in [0.4, 0.5) is 5.69 Å². The first-order valence-corrected chi connectivity index (χ1v) is 20.0. The molecule has 0 heterocycles. The van der Waals surface area contributed by atoms with Crippen LogP contribution in [0.5, 0.6) is 0 Å². The number of hydrogen-bond donors (Lipinski definition) is 1. The zero-order chi connectivity index (χ0) is 31.3. The summed E-state index contributed by atoms with van der Waals surface area (Å²) in [6, 6.07) is 1.93. The average molecular weight is 928 g/mol. The molecule has 5 rings (SSSR count). The van der Waals surface area contributed by atoms with Crippen LogP contribution in [0.2, 0.25) is 0 Å². The standard InChI is InChI=1S/C36H52I3NO3/c1-20(2)8-7-9-21(3)26-12-13-27-25-11-10-23-18-24(14-16-35(23,5)28(25)15-17-36(26,27)6)42-22(4)43-34(41)31-29(37)19-30(38)33(40)32(31)39/h10,19-22,24-28H,7-9,11-18,40H2,1-6H3/t21-,22?,24+,25?,26-,27?,28?,35+,36-/m1/s1. The molecule has 9 atom stereocenters. The molecular formula is C36H52I3NO3. The summed E-state index contributed by atoms with van der Waals surface area (Å²) in [4.78, 5) is 13.1. The molecule has 0 aromatic heterocycles. The highest BCUT2D eigenvalue weighted by Gasteiger charge is 2.59. The zero-order valence-electron chi connectivity index (χ0n) is 27.0. The number of fused-ring (bicyclic) bond motifs is 5. The number of benzene rings is 1. The van der Waals surface area contributed by atoms with Crippen LogP contribution in [0.3, 0.4) is 0 Å². The van der Waals surface area contributed by atoms with Crippen molar-refractivity contribution in [2.75, 3.05) is 5.73 Å². The number of nitrogens with two attached hydrogens (primary N) is 1. The van der Waals surface area contributed by atoms with Crippen molar-refractivity contribution in [3.05, 3.63) is 34.0 Å². The number of nitrogen functional groups attached to an aromatic ring is 1. The molecule has 0 radical (unpaired) electrons. The number of hydrogen-bond acceptors (Lipinski definition) is 4. The first-order chi connectivity index (χ1) is 20.3. The lowest BCUT2D eigenvalue weighted by Gasteiger charge is -2.58. The minimum absolute atomic E-state index is 0.0926. The number of halogens is 3. The van der Waals surface area contributed by atoms with Gasteiger partial charge in [0.15, 0.2) is 0 Å². The lowest BCUT2D eigenvalue weighted by Crippen LogP contribution is -2.51. The van der Waals surface area contributed by atoms with E-state index in [0.29, 0.717) is 16.7 Å². The minimum Gasteiger partial charge on any atom is -0.432 e. The molecule has 3 fully saturated rings. The lowest BCUT2D eigenvalue weighted by molar-refractivity contribution is -0.143. The molecule has 1 aromatic rings. The van der Waals surface area contributed by atoms with Crippen LogP contribution in [0, 0.1) is 57.0 Å². The van der Waals surface area contributed by atoms with Gasteiger partial charge in [-0.25, -0.2) is 4.79 Å². The number of carbonyl (C=O) groups is 1. The Morgan fingerprint density at radius 1 is 1.00 bits per heavy atom. The van der Waals surface area contributed by atoms with Gasteiger partial charge in [0.05, 0.1) is 20.9 Å². The molecule has 3 saturated carbocycles. The van der Waals surface area contributed by atoms with Crippen molar-refractivity contribution in [1.29, 1.82) is 0 Å². The van der Waals surface area contributed by atoms with Crippen molar-refractivity contribution in [3.8, 4) is 0 Å². The summed E-state index contributed by atoms with van der Waals surface area (Å²) in [7, 11) is 0. The highest BCUT2D eigenvalue weighted by molar-refractivity contribution is 14.1. The highest BCUT2D eigenvalue weighted by Crippen LogP contribution is 2.67. The topological polar surface area (TPSA) is 61.5 Å². The van der Waals surface area contributed by atoms with E-state index >= 15 is 0 Å². The summed E-state index contributed by atoms with van der Waals surface area (Å²) < 4.78 is 14.8. The van der Waals surface area contributed by atoms with Crippen LogP contribution in [-0.2, 0) is 9.47 Å². The van der Waals surface area contributed by atoms with Crippen LogP contribution in [0.25, 0.3) is 0 Å². The molecule has 43 heavy (non-hydrogen) atoms. The zero-order valence-corrected chi connectivity index (χ0v) is 33.5. The molecule has 0 spiro atoms. The predicted molar refractivity (Wildman–Crippen MR) is 202 cm³/mol. The largest absolute Gasteiger partial charge is 0.432 e. The quantitative estimate of drug-likeness (QED) is 0.0881. The van der Waals surface area contributed by atoms with Crippen LogP contribution in [0.15, 0.2) is 17.7 Å². The smallest absolute Gasteiger partial charge is 0.342 e. The molecular weight excluding hydrogens is 875 g/mol. The van der Waals surface area contributed by atoms with Crippen molar-refractivity contribution >= 4 is 79.4 Å². The van der Waals surface area contributed by atoms with E-state index in [0.717, 1.165) is 59.1 Å². The van der Waals surface area contributed by atoms with Gasteiger partial charge >= 0.3 is 5.97 Å². The highest BCUT2D eigenvalue weighted by atomic mass is 127. The summed E-state index contributed by atoms with van der Waals surface area (Å²) >= 11 is 6.54. The van der Waals surface area contributed by atoms with Gasteiger partial charge in [-0.05, 0) is 178 Å². The Balaban J connectivity index is 1.21. The van der Waals surface area contributed by atoms with Gasteiger partial charge in [-0.3, -0.25) is 0 Å². The summed E-state index contributed by atoms with van der Waals surface area (Å²) in [6.07, 6.45) is 16.4. The van der Waals surface area contributed by atoms with E-state index in [1.165, 1.54) is 57.8 Å². The summed E-state index contributed by atoms with van der Waals surface area (Å²) in [6.45, 7) is 14.4. The van der Waals surface area contributed by atoms with E-state index < -0.39 is 6.29 Å². The Morgan fingerprint density at radius 2 is 1.74 bits per heavy atom. The predicted octanol–water partition coefficient (Wildman–Crippen LogP) is 11.0. The molecule has 0 amide bonds. The number of carbonyl (C=O) groups excluding carboxylic acids is 1. The first kappa shape index (κ1) is 34.7. The lowest BCUT2D eigenvalue weighted by atomic mass is 9.47. The third-order valence-corrected chi connectivity index (χ3v) is 15.2. The van der Waals surface area contributed by atoms with Gasteiger partial charge in [-0.15, -0.1) is 0 Å². The number of rotatable bonds is 9. The van der Waals surface area contributed by atoms with Crippen molar-refractivity contribution in [2.24, 2.45) is 46.3 Å². The molecule has 2 N–H and O–H groups in total. The molecule has 7 heteroatoms. The fourth-order valence-corrected chi connectivity index (χ4v) is 13.9. The van der Waals surface area contributed by atoms with E-state index in [4.69, 9.17) is 15.2 Å². The van der Waals surface area contributed by atoms with Crippen molar-refractivity contribution < 1.29 is 14.3 Å². The molecule has 1 aromatic carbocycles. The van der Waals surface area contributed by atoms with Gasteiger partial charge in [0.25, 0.3) is 0 Å². The summed E-state index contributed by atoms with van der Waals surface area (Å²) in [5, 5.41) is 0. The van der Waals surface area contributed by atoms with E-state index in [1.807, 2.05) is 13.0 Å². The monoisotopic (exact) mass is 927 g/mol. The maximum Gasteiger partial charge on any atom is 0.342 e. The Hall–Kier alpha value is 0.380.